The van der Waals surface area contributed by atoms with Crippen LogP contribution in [-0.2, 0) is 6.54 Å². The molecule has 0 aliphatic carbocycles. The van der Waals surface area contributed by atoms with Crippen molar-refractivity contribution in [3.63, 3.8) is 0 Å². The molecule has 2 rings (SSSR count). The van der Waals surface area contributed by atoms with Gasteiger partial charge in [0.1, 0.15) is 5.65 Å². The standard InChI is InChI=1S/C14H20ClN3/c1-4-13(10(2)3)16-7-12-9-18-8-11(15)5-6-14(18)17-12/h5-6,8-10,13,16H,4,7H2,1-3H3. The second-order valence-corrected chi connectivity index (χ2v) is 5.42. The number of halogens is 1. The van der Waals surface area contributed by atoms with Gasteiger partial charge in [-0.3, -0.25) is 0 Å². The third-order valence-corrected chi connectivity index (χ3v) is 3.48. The average molecular weight is 266 g/mol. The van der Waals surface area contributed by atoms with E-state index in [1.54, 1.807) is 0 Å². The van der Waals surface area contributed by atoms with Crippen molar-refractivity contribution in [2.75, 3.05) is 0 Å². The van der Waals surface area contributed by atoms with Gasteiger partial charge in [0.15, 0.2) is 0 Å². The Kier molecular flexibility index (Phi) is 4.25. The van der Waals surface area contributed by atoms with Crippen molar-refractivity contribution in [3.05, 3.63) is 35.2 Å². The Hall–Kier alpha value is -1.06. The summed E-state index contributed by atoms with van der Waals surface area (Å²) in [5.74, 6) is 0.640. The maximum atomic E-state index is 5.96. The third-order valence-electron chi connectivity index (χ3n) is 3.25. The highest BCUT2D eigenvalue weighted by atomic mass is 35.5. The number of pyridine rings is 1. The summed E-state index contributed by atoms with van der Waals surface area (Å²) in [6.07, 6.45) is 5.05. The fourth-order valence-corrected chi connectivity index (χ4v) is 2.36. The molecule has 0 aliphatic rings. The van der Waals surface area contributed by atoms with Crippen LogP contribution in [0.2, 0.25) is 5.02 Å². The first kappa shape index (κ1) is 13.4. The molecule has 2 heterocycles. The lowest BCUT2D eigenvalue weighted by Crippen LogP contribution is -2.32. The Labute approximate surface area is 113 Å². The van der Waals surface area contributed by atoms with Crippen molar-refractivity contribution in [1.29, 1.82) is 0 Å². The van der Waals surface area contributed by atoms with E-state index in [0.29, 0.717) is 12.0 Å². The van der Waals surface area contributed by atoms with E-state index in [2.05, 4.69) is 31.1 Å². The molecule has 1 atom stereocenters. The van der Waals surface area contributed by atoms with Gasteiger partial charge in [0.25, 0.3) is 0 Å². The van der Waals surface area contributed by atoms with Gasteiger partial charge in [0, 0.05) is 25.0 Å². The molecular weight excluding hydrogens is 246 g/mol. The normalized spacial score (nSPS) is 13.4. The van der Waals surface area contributed by atoms with Crippen LogP contribution < -0.4 is 5.32 Å². The molecule has 98 valence electrons. The van der Waals surface area contributed by atoms with E-state index in [1.165, 1.54) is 0 Å². The van der Waals surface area contributed by atoms with Crippen LogP contribution in [0, 0.1) is 5.92 Å². The molecule has 0 aliphatic heterocycles. The van der Waals surface area contributed by atoms with Crippen LogP contribution in [0.5, 0.6) is 0 Å². The second-order valence-electron chi connectivity index (χ2n) is 4.98. The molecule has 0 spiro atoms. The Morgan fingerprint density at radius 2 is 2.11 bits per heavy atom. The minimum absolute atomic E-state index is 0.540. The minimum atomic E-state index is 0.540. The maximum Gasteiger partial charge on any atom is 0.137 e. The maximum absolute atomic E-state index is 5.96. The van der Waals surface area contributed by atoms with Gasteiger partial charge in [-0.25, -0.2) is 4.98 Å². The van der Waals surface area contributed by atoms with Crippen molar-refractivity contribution in [2.45, 2.75) is 39.8 Å². The molecule has 0 fully saturated rings. The number of nitrogens with one attached hydrogen (secondary N) is 1. The molecule has 3 nitrogen and oxygen atoms in total. The SMILES string of the molecule is CCC(NCc1cn2cc(Cl)ccc2n1)C(C)C. The molecule has 1 N–H and O–H groups in total. The first-order chi connectivity index (χ1) is 8.60. The molecule has 0 saturated heterocycles. The number of fused-ring (bicyclic) bond motifs is 1. The highest BCUT2D eigenvalue weighted by Crippen LogP contribution is 2.12. The molecule has 0 radical (unpaired) electrons. The first-order valence-corrected chi connectivity index (χ1v) is 6.84. The number of aromatic nitrogens is 2. The summed E-state index contributed by atoms with van der Waals surface area (Å²) in [6.45, 7) is 7.49. The van der Waals surface area contributed by atoms with Crippen molar-refractivity contribution in [3.8, 4) is 0 Å². The van der Waals surface area contributed by atoms with Gasteiger partial charge >= 0.3 is 0 Å². The summed E-state index contributed by atoms with van der Waals surface area (Å²) in [5.41, 5.74) is 1.99. The molecule has 18 heavy (non-hydrogen) atoms. The summed E-state index contributed by atoms with van der Waals surface area (Å²) >= 11 is 5.96. The number of hydrogen-bond acceptors (Lipinski definition) is 2. The molecule has 0 bridgehead atoms. The molecular formula is C14H20ClN3. The summed E-state index contributed by atoms with van der Waals surface area (Å²) < 4.78 is 1.97. The van der Waals surface area contributed by atoms with E-state index in [9.17, 15) is 0 Å². The summed E-state index contributed by atoms with van der Waals surface area (Å²) in [5, 5.41) is 4.28. The van der Waals surface area contributed by atoms with Gasteiger partial charge in [-0.1, -0.05) is 32.4 Å². The van der Waals surface area contributed by atoms with E-state index in [-0.39, 0.29) is 0 Å². The topological polar surface area (TPSA) is 29.3 Å². The highest BCUT2D eigenvalue weighted by molar-refractivity contribution is 6.30. The Balaban J connectivity index is 2.08. The zero-order chi connectivity index (χ0) is 13.1. The van der Waals surface area contributed by atoms with E-state index >= 15 is 0 Å². The molecule has 1 unspecified atom stereocenters. The van der Waals surface area contributed by atoms with Gasteiger partial charge in [-0.15, -0.1) is 0 Å². The fourth-order valence-electron chi connectivity index (χ4n) is 2.19. The number of imidazole rings is 1. The Morgan fingerprint density at radius 3 is 2.78 bits per heavy atom. The van der Waals surface area contributed by atoms with Gasteiger partial charge < -0.3 is 9.72 Å². The van der Waals surface area contributed by atoms with Crippen molar-refractivity contribution < 1.29 is 0 Å². The van der Waals surface area contributed by atoms with Crippen LogP contribution in [-0.4, -0.2) is 15.4 Å². The van der Waals surface area contributed by atoms with Crippen molar-refractivity contribution in [2.24, 2.45) is 5.92 Å². The lowest BCUT2D eigenvalue weighted by molar-refractivity contribution is 0.386. The lowest BCUT2D eigenvalue weighted by Gasteiger charge is -2.19. The third kappa shape index (κ3) is 3.03. The van der Waals surface area contributed by atoms with Crippen LogP contribution in [0.3, 0.4) is 0 Å². The average Bonchev–Trinajstić information content (AvgIpc) is 2.71. The zero-order valence-corrected chi connectivity index (χ0v) is 11.9. The largest absolute Gasteiger partial charge is 0.308 e. The van der Waals surface area contributed by atoms with Crippen LogP contribution >= 0.6 is 11.6 Å². The zero-order valence-electron chi connectivity index (χ0n) is 11.2. The predicted molar refractivity (Wildman–Crippen MR) is 76.0 cm³/mol. The monoisotopic (exact) mass is 265 g/mol. The van der Waals surface area contributed by atoms with E-state index in [1.807, 2.05) is 28.9 Å². The molecule has 0 aromatic carbocycles. The van der Waals surface area contributed by atoms with E-state index in [0.717, 1.165) is 29.3 Å². The predicted octanol–water partition coefficient (Wildman–Crippen LogP) is 3.51. The van der Waals surface area contributed by atoms with Crippen LogP contribution in [0.25, 0.3) is 5.65 Å². The molecule has 0 saturated carbocycles. The summed E-state index contributed by atoms with van der Waals surface area (Å²) in [6, 6.07) is 4.34. The van der Waals surface area contributed by atoms with E-state index in [4.69, 9.17) is 11.6 Å². The van der Waals surface area contributed by atoms with Crippen molar-refractivity contribution in [1.82, 2.24) is 14.7 Å². The lowest BCUT2D eigenvalue weighted by atomic mass is 10.0. The minimum Gasteiger partial charge on any atom is -0.308 e. The quantitative estimate of drug-likeness (QED) is 0.896. The first-order valence-electron chi connectivity index (χ1n) is 6.46. The Morgan fingerprint density at radius 1 is 1.33 bits per heavy atom. The molecule has 2 aromatic heterocycles. The van der Waals surface area contributed by atoms with E-state index < -0.39 is 0 Å². The van der Waals surface area contributed by atoms with Gasteiger partial charge in [0.2, 0.25) is 0 Å². The van der Waals surface area contributed by atoms with Crippen LogP contribution in [0.4, 0.5) is 0 Å². The second kappa shape index (κ2) is 5.72. The highest BCUT2D eigenvalue weighted by Gasteiger charge is 2.11. The summed E-state index contributed by atoms with van der Waals surface area (Å²) in [4.78, 5) is 4.56. The number of hydrogen-bond donors (Lipinski definition) is 1. The molecule has 4 heteroatoms. The number of rotatable bonds is 5. The molecule has 0 amide bonds. The molecule has 2 aromatic rings. The smallest absolute Gasteiger partial charge is 0.137 e. The fraction of sp³-hybridized carbons (Fsp3) is 0.500. The summed E-state index contributed by atoms with van der Waals surface area (Å²) in [7, 11) is 0. The van der Waals surface area contributed by atoms with Crippen LogP contribution in [0.1, 0.15) is 32.9 Å². The van der Waals surface area contributed by atoms with Crippen LogP contribution in [0.15, 0.2) is 24.5 Å². The van der Waals surface area contributed by atoms with Gasteiger partial charge in [0.05, 0.1) is 10.7 Å². The Bertz CT molecular complexity index is 519. The van der Waals surface area contributed by atoms with Crippen molar-refractivity contribution >= 4 is 17.2 Å². The van der Waals surface area contributed by atoms with Gasteiger partial charge in [-0.2, -0.15) is 0 Å². The van der Waals surface area contributed by atoms with Gasteiger partial charge in [-0.05, 0) is 24.5 Å². The number of nitrogens with zero attached hydrogens (tertiary/aromatic N) is 2.